The van der Waals surface area contributed by atoms with E-state index in [9.17, 15) is 9.59 Å². The summed E-state index contributed by atoms with van der Waals surface area (Å²) in [5.74, 6) is 0.642. The fourth-order valence-electron chi connectivity index (χ4n) is 2.91. The van der Waals surface area contributed by atoms with E-state index in [2.05, 4.69) is 26.1 Å². The van der Waals surface area contributed by atoms with E-state index in [4.69, 9.17) is 4.74 Å². The minimum absolute atomic E-state index is 0.0482. The Hall–Kier alpha value is -2.82. The van der Waals surface area contributed by atoms with Gasteiger partial charge in [0.25, 0.3) is 0 Å². The molecule has 0 saturated heterocycles. The summed E-state index contributed by atoms with van der Waals surface area (Å²) in [6.45, 7) is 8.83. The molecule has 0 heterocycles. The molecule has 0 aromatic heterocycles. The van der Waals surface area contributed by atoms with Crippen molar-refractivity contribution < 1.29 is 14.3 Å². The van der Waals surface area contributed by atoms with E-state index in [1.165, 1.54) is 12.5 Å². The highest BCUT2D eigenvalue weighted by Crippen LogP contribution is 2.25. The van der Waals surface area contributed by atoms with Crippen LogP contribution in [-0.4, -0.2) is 32.0 Å². The summed E-state index contributed by atoms with van der Waals surface area (Å²) < 4.78 is 5.12. The maximum Gasteiger partial charge on any atom is 0.224 e. The molecule has 28 heavy (non-hydrogen) atoms. The summed E-state index contributed by atoms with van der Waals surface area (Å²) >= 11 is 0. The molecule has 0 atom stereocenters. The molecule has 0 unspecified atom stereocenters. The predicted octanol–water partition coefficient (Wildman–Crippen LogP) is 3.70. The second kappa shape index (κ2) is 9.40. The van der Waals surface area contributed by atoms with Gasteiger partial charge >= 0.3 is 0 Å². The predicted molar refractivity (Wildman–Crippen MR) is 113 cm³/mol. The zero-order valence-corrected chi connectivity index (χ0v) is 17.4. The van der Waals surface area contributed by atoms with Crippen LogP contribution in [0.2, 0.25) is 0 Å². The summed E-state index contributed by atoms with van der Waals surface area (Å²) in [4.78, 5) is 25.9. The lowest BCUT2D eigenvalue weighted by molar-refractivity contribution is -0.121. The highest BCUT2D eigenvalue weighted by molar-refractivity contribution is 5.91. The fraction of sp³-hybridized carbons (Fsp3) is 0.391. The van der Waals surface area contributed by atoms with Crippen molar-refractivity contribution in [3.63, 3.8) is 0 Å². The van der Waals surface area contributed by atoms with Gasteiger partial charge in [-0.25, -0.2) is 0 Å². The van der Waals surface area contributed by atoms with Gasteiger partial charge in [-0.15, -0.1) is 0 Å². The Balaban J connectivity index is 1.90. The first-order valence-corrected chi connectivity index (χ1v) is 9.49. The van der Waals surface area contributed by atoms with Crippen molar-refractivity contribution in [1.29, 1.82) is 0 Å². The summed E-state index contributed by atoms with van der Waals surface area (Å²) in [5.41, 5.74) is 3.03. The van der Waals surface area contributed by atoms with Crippen molar-refractivity contribution in [2.24, 2.45) is 0 Å². The van der Waals surface area contributed by atoms with Crippen molar-refractivity contribution in [2.75, 3.05) is 25.1 Å². The third-order valence-corrected chi connectivity index (χ3v) is 4.61. The Morgan fingerprint density at radius 1 is 1.00 bits per heavy atom. The number of carbonyl (C=O) groups is 2. The third kappa shape index (κ3) is 6.12. The molecule has 0 bridgehead atoms. The van der Waals surface area contributed by atoms with Crippen molar-refractivity contribution in [1.82, 2.24) is 5.32 Å². The molecule has 2 aromatic rings. The monoisotopic (exact) mass is 382 g/mol. The Bertz CT molecular complexity index is 790. The summed E-state index contributed by atoms with van der Waals surface area (Å²) in [6.07, 6.45) is 0.296. The fourth-order valence-corrected chi connectivity index (χ4v) is 2.91. The summed E-state index contributed by atoms with van der Waals surface area (Å²) in [7, 11) is 1.61. The van der Waals surface area contributed by atoms with E-state index in [0.717, 1.165) is 17.0 Å². The molecule has 0 saturated carbocycles. The number of ether oxygens (including phenoxy) is 1. The van der Waals surface area contributed by atoms with Crippen LogP contribution in [0.5, 0.6) is 5.75 Å². The molecule has 2 amide bonds. The van der Waals surface area contributed by atoms with E-state index >= 15 is 0 Å². The van der Waals surface area contributed by atoms with Crippen LogP contribution in [0.4, 0.5) is 5.69 Å². The van der Waals surface area contributed by atoms with Crippen LogP contribution >= 0.6 is 0 Å². The average molecular weight is 383 g/mol. The van der Waals surface area contributed by atoms with Crippen molar-refractivity contribution in [3.8, 4) is 5.75 Å². The number of hydrogen-bond donors (Lipinski definition) is 1. The third-order valence-electron chi connectivity index (χ3n) is 4.61. The van der Waals surface area contributed by atoms with E-state index < -0.39 is 0 Å². The topological polar surface area (TPSA) is 58.6 Å². The first kappa shape index (κ1) is 21.5. The Kier molecular flexibility index (Phi) is 7.21. The number of amides is 2. The number of methoxy groups -OCH3 is 1. The maximum atomic E-state index is 12.2. The molecule has 0 radical (unpaired) electrons. The number of nitrogens with one attached hydrogen (secondary N) is 1. The molecule has 0 aliphatic carbocycles. The second-order valence-electron chi connectivity index (χ2n) is 7.84. The average Bonchev–Trinajstić information content (AvgIpc) is 2.65. The standard InChI is InChI=1S/C23H30N2O3/c1-17(26)25(20-10-8-19(9-11-20)23(2,3)4)15-14-24-22(27)16-18-6-12-21(28-5)13-7-18/h6-13H,14-16H2,1-5H3,(H,24,27). The number of carbonyl (C=O) groups excluding carboxylic acids is 2. The smallest absolute Gasteiger partial charge is 0.224 e. The Labute approximate surface area is 167 Å². The number of hydrogen-bond acceptors (Lipinski definition) is 3. The van der Waals surface area contributed by atoms with Gasteiger partial charge in [0.05, 0.1) is 13.5 Å². The Morgan fingerprint density at radius 3 is 2.11 bits per heavy atom. The molecule has 0 aliphatic heterocycles. The summed E-state index contributed by atoms with van der Waals surface area (Å²) in [5, 5.41) is 2.89. The molecule has 150 valence electrons. The zero-order valence-electron chi connectivity index (χ0n) is 17.4. The molecular formula is C23H30N2O3. The first-order valence-electron chi connectivity index (χ1n) is 9.49. The van der Waals surface area contributed by atoms with Gasteiger partial charge in [0.15, 0.2) is 0 Å². The molecule has 2 aromatic carbocycles. The van der Waals surface area contributed by atoms with Gasteiger partial charge in [0.2, 0.25) is 11.8 Å². The summed E-state index contributed by atoms with van der Waals surface area (Å²) in [6, 6.07) is 15.4. The van der Waals surface area contributed by atoms with Crippen molar-refractivity contribution >= 4 is 17.5 Å². The Morgan fingerprint density at radius 2 is 1.61 bits per heavy atom. The molecule has 2 rings (SSSR count). The minimum atomic E-state index is -0.0725. The van der Waals surface area contributed by atoms with Crippen LogP contribution in [-0.2, 0) is 21.4 Å². The SMILES string of the molecule is COc1ccc(CC(=O)NCCN(C(C)=O)c2ccc(C(C)(C)C)cc2)cc1. The van der Waals surface area contributed by atoms with Crippen LogP contribution in [0.1, 0.15) is 38.8 Å². The lowest BCUT2D eigenvalue weighted by atomic mass is 9.87. The van der Waals surface area contributed by atoms with Crippen LogP contribution in [0, 0.1) is 0 Å². The normalized spacial score (nSPS) is 11.0. The molecular weight excluding hydrogens is 352 g/mol. The molecule has 0 aliphatic rings. The van der Waals surface area contributed by atoms with Crippen LogP contribution < -0.4 is 15.0 Å². The number of benzene rings is 2. The molecule has 0 spiro atoms. The van der Waals surface area contributed by atoms with Crippen LogP contribution in [0.15, 0.2) is 48.5 Å². The molecule has 0 fully saturated rings. The van der Waals surface area contributed by atoms with Gasteiger partial charge in [0.1, 0.15) is 5.75 Å². The van der Waals surface area contributed by atoms with Crippen molar-refractivity contribution in [3.05, 3.63) is 59.7 Å². The van der Waals surface area contributed by atoms with Gasteiger partial charge in [0, 0.05) is 25.7 Å². The van der Waals surface area contributed by atoms with Crippen LogP contribution in [0.25, 0.3) is 0 Å². The lowest BCUT2D eigenvalue weighted by Gasteiger charge is -2.24. The van der Waals surface area contributed by atoms with Gasteiger partial charge in [-0.1, -0.05) is 45.0 Å². The number of nitrogens with zero attached hydrogens (tertiary/aromatic N) is 1. The highest BCUT2D eigenvalue weighted by Gasteiger charge is 2.16. The molecule has 5 heteroatoms. The largest absolute Gasteiger partial charge is 0.497 e. The van der Waals surface area contributed by atoms with Gasteiger partial charge in [-0.05, 0) is 40.8 Å². The minimum Gasteiger partial charge on any atom is -0.497 e. The van der Waals surface area contributed by atoms with Gasteiger partial charge in [-0.3, -0.25) is 9.59 Å². The highest BCUT2D eigenvalue weighted by atomic mass is 16.5. The van der Waals surface area contributed by atoms with E-state index in [1.54, 1.807) is 12.0 Å². The first-order chi connectivity index (χ1) is 13.2. The maximum absolute atomic E-state index is 12.2. The zero-order chi connectivity index (χ0) is 20.7. The lowest BCUT2D eigenvalue weighted by Crippen LogP contribution is -2.38. The molecule has 5 nitrogen and oxygen atoms in total. The van der Waals surface area contributed by atoms with Crippen LogP contribution in [0.3, 0.4) is 0 Å². The quantitative estimate of drug-likeness (QED) is 0.794. The van der Waals surface area contributed by atoms with E-state index in [1.807, 2.05) is 48.5 Å². The van der Waals surface area contributed by atoms with E-state index in [0.29, 0.717) is 19.5 Å². The van der Waals surface area contributed by atoms with Gasteiger partial charge < -0.3 is 15.0 Å². The number of anilines is 1. The van der Waals surface area contributed by atoms with Crippen molar-refractivity contribution in [2.45, 2.75) is 39.5 Å². The number of rotatable bonds is 7. The molecule has 1 N–H and O–H groups in total. The van der Waals surface area contributed by atoms with Gasteiger partial charge in [-0.2, -0.15) is 0 Å². The van der Waals surface area contributed by atoms with E-state index in [-0.39, 0.29) is 17.2 Å². The second-order valence-corrected chi connectivity index (χ2v) is 7.84.